The summed E-state index contributed by atoms with van der Waals surface area (Å²) in [6, 6.07) is 0. The van der Waals surface area contributed by atoms with Gasteiger partial charge in [0.15, 0.2) is 5.75 Å². The van der Waals surface area contributed by atoms with Gasteiger partial charge >= 0.3 is 0 Å². The molecular formula is C18H29N3O2. The maximum absolute atomic E-state index is 10.4. The van der Waals surface area contributed by atoms with Gasteiger partial charge in [-0.3, -0.25) is 0 Å². The number of rotatable bonds is 9. The standard InChI is InChI=1S/C18H29N3O2/c1-4-5-6-8-15-16(14(2)3)17(22)18(23)21(15)11-7-10-20-12-9-19-13-20/h9,12-14,22-23H,4-8,10-11H2,1-3H3. The number of aryl methyl sites for hydroxylation is 1. The van der Waals surface area contributed by atoms with Crippen LogP contribution in [0, 0.1) is 0 Å². The van der Waals surface area contributed by atoms with E-state index in [4.69, 9.17) is 0 Å². The number of imidazole rings is 1. The predicted octanol–water partition coefficient (Wildman–Crippen LogP) is 4.04. The molecule has 2 heterocycles. The highest BCUT2D eigenvalue weighted by molar-refractivity contribution is 5.49. The third-order valence-corrected chi connectivity index (χ3v) is 4.31. The molecule has 0 atom stereocenters. The lowest BCUT2D eigenvalue weighted by Gasteiger charge is -2.13. The van der Waals surface area contributed by atoms with E-state index >= 15 is 0 Å². The fourth-order valence-corrected chi connectivity index (χ4v) is 3.15. The van der Waals surface area contributed by atoms with Crippen molar-refractivity contribution in [1.29, 1.82) is 0 Å². The normalized spacial score (nSPS) is 11.5. The Morgan fingerprint density at radius 1 is 1.13 bits per heavy atom. The van der Waals surface area contributed by atoms with Crippen molar-refractivity contribution >= 4 is 0 Å². The van der Waals surface area contributed by atoms with Gasteiger partial charge in [0.1, 0.15) is 0 Å². The maximum atomic E-state index is 10.4. The Morgan fingerprint density at radius 2 is 1.91 bits per heavy atom. The Hall–Kier alpha value is -1.91. The van der Waals surface area contributed by atoms with Crippen molar-refractivity contribution in [2.45, 2.75) is 71.9 Å². The quantitative estimate of drug-likeness (QED) is 0.686. The van der Waals surface area contributed by atoms with Gasteiger partial charge in [-0.25, -0.2) is 4.98 Å². The zero-order valence-electron chi connectivity index (χ0n) is 14.5. The highest BCUT2D eigenvalue weighted by Gasteiger charge is 2.23. The van der Waals surface area contributed by atoms with Crippen molar-refractivity contribution in [3.8, 4) is 11.6 Å². The van der Waals surface area contributed by atoms with Crippen molar-refractivity contribution in [3.05, 3.63) is 30.0 Å². The van der Waals surface area contributed by atoms with Gasteiger partial charge in [0.25, 0.3) is 0 Å². The monoisotopic (exact) mass is 319 g/mol. The summed E-state index contributed by atoms with van der Waals surface area (Å²) in [4.78, 5) is 4.04. The van der Waals surface area contributed by atoms with E-state index in [0.717, 1.165) is 43.5 Å². The molecular weight excluding hydrogens is 290 g/mol. The van der Waals surface area contributed by atoms with E-state index in [0.29, 0.717) is 6.54 Å². The van der Waals surface area contributed by atoms with Crippen LogP contribution < -0.4 is 0 Å². The molecule has 5 heteroatoms. The molecule has 2 aromatic heterocycles. The lowest BCUT2D eigenvalue weighted by molar-refractivity contribution is 0.363. The highest BCUT2D eigenvalue weighted by atomic mass is 16.3. The molecule has 2 N–H and O–H groups in total. The average molecular weight is 319 g/mol. The zero-order valence-corrected chi connectivity index (χ0v) is 14.5. The summed E-state index contributed by atoms with van der Waals surface area (Å²) in [6.07, 6.45) is 10.7. The summed E-state index contributed by atoms with van der Waals surface area (Å²) in [5.74, 6) is 0.285. The Labute approximate surface area is 138 Å². The highest BCUT2D eigenvalue weighted by Crippen LogP contribution is 2.40. The van der Waals surface area contributed by atoms with Gasteiger partial charge in [-0.15, -0.1) is 0 Å². The number of nitrogens with zero attached hydrogens (tertiary/aromatic N) is 3. The van der Waals surface area contributed by atoms with E-state index in [1.165, 1.54) is 6.42 Å². The van der Waals surface area contributed by atoms with Crippen LogP contribution in [-0.2, 0) is 19.5 Å². The number of aromatic hydroxyl groups is 2. The van der Waals surface area contributed by atoms with Crippen LogP contribution in [0.2, 0.25) is 0 Å². The third-order valence-electron chi connectivity index (χ3n) is 4.31. The second-order valence-electron chi connectivity index (χ2n) is 6.45. The van der Waals surface area contributed by atoms with Crippen LogP contribution in [0.4, 0.5) is 0 Å². The molecule has 0 aromatic carbocycles. The minimum atomic E-state index is 0.0193. The molecule has 0 unspecified atom stereocenters. The average Bonchev–Trinajstić information content (AvgIpc) is 3.10. The van der Waals surface area contributed by atoms with Gasteiger partial charge in [0, 0.05) is 36.7 Å². The maximum Gasteiger partial charge on any atom is 0.235 e. The van der Waals surface area contributed by atoms with Crippen LogP contribution in [0.15, 0.2) is 18.7 Å². The summed E-state index contributed by atoms with van der Waals surface area (Å²) < 4.78 is 3.93. The van der Waals surface area contributed by atoms with Crippen molar-refractivity contribution < 1.29 is 10.2 Å². The summed E-state index contributed by atoms with van der Waals surface area (Å²) in [5, 5.41) is 20.7. The van der Waals surface area contributed by atoms with Gasteiger partial charge in [-0.2, -0.15) is 0 Å². The Kier molecular flexibility index (Phi) is 6.13. The van der Waals surface area contributed by atoms with Crippen molar-refractivity contribution in [1.82, 2.24) is 14.1 Å². The molecule has 0 aliphatic rings. The first kappa shape index (κ1) is 17.4. The van der Waals surface area contributed by atoms with Crippen molar-refractivity contribution in [2.24, 2.45) is 0 Å². The van der Waals surface area contributed by atoms with E-state index in [1.54, 1.807) is 12.5 Å². The van der Waals surface area contributed by atoms with Gasteiger partial charge in [-0.05, 0) is 25.2 Å². The van der Waals surface area contributed by atoms with E-state index < -0.39 is 0 Å². The van der Waals surface area contributed by atoms with Crippen molar-refractivity contribution in [3.63, 3.8) is 0 Å². The fraction of sp³-hybridized carbons (Fsp3) is 0.611. The molecule has 0 amide bonds. The largest absolute Gasteiger partial charge is 0.503 e. The molecule has 128 valence electrons. The summed E-state index contributed by atoms with van der Waals surface area (Å²) in [7, 11) is 0. The van der Waals surface area contributed by atoms with Crippen LogP contribution >= 0.6 is 0 Å². The Morgan fingerprint density at radius 3 is 2.52 bits per heavy atom. The minimum Gasteiger partial charge on any atom is -0.503 e. The van der Waals surface area contributed by atoms with Gasteiger partial charge in [0.05, 0.1) is 6.33 Å². The van der Waals surface area contributed by atoms with E-state index in [1.807, 2.05) is 15.3 Å². The first-order valence-electron chi connectivity index (χ1n) is 8.65. The molecule has 0 saturated heterocycles. The minimum absolute atomic E-state index is 0.0193. The third kappa shape index (κ3) is 4.09. The number of hydrogen-bond donors (Lipinski definition) is 2. The van der Waals surface area contributed by atoms with Crippen LogP contribution in [0.5, 0.6) is 11.6 Å². The van der Waals surface area contributed by atoms with Gasteiger partial charge in [-0.1, -0.05) is 33.6 Å². The van der Waals surface area contributed by atoms with Crippen LogP contribution in [0.3, 0.4) is 0 Å². The molecule has 5 nitrogen and oxygen atoms in total. The van der Waals surface area contributed by atoms with Crippen LogP contribution in [0.25, 0.3) is 0 Å². The first-order valence-corrected chi connectivity index (χ1v) is 8.65. The number of unbranched alkanes of at least 4 members (excludes halogenated alkanes) is 2. The second kappa shape index (κ2) is 8.09. The lowest BCUT2D eigenvalue weighted by Crippen LogP contribution is -2.08. The molecule has 0 aliphatic heterocycles. The molecule has 0 saturated carbocycles. The summed E-state index contributed by atoms with van der Waals surface area (Å²) in [5.41, 5.74) is 2.00. The Balaban J connectivity index is 2.16. The molecule has 0 bridgehead atoms. The second-order valence-corrected chi connectivity index (χ2v) is 6.45. The lowest BCUT2D eigenvalue weighted by atomic mass is 9.99. The summed E-state index contributed by atoms with van der Waals surface area (Å²) >= 11 is 0. The zero-order chi connectivity index (χ0) is 16.8. The SMILES string of the molecule is CCCCCc1c(C(C)C)c(O)c(O)n1CCCn1ccnc1. The van der Waals surface area contributed by atoms with Gasteiger partial charge < -0.3 is 19.3 Å². The van der Waals surface area contributed by atoms with Gasteiger partial charge in [0.2, 0.25) is 5.88 Å². The van der Waals surface area contributed by atoms with Crippen LogP contribution in [-0.4, -0.2) is 24.3 Å². The van der Waals surface area contributed by atoms with E-state index in [-0.39, 0.29) is 17.5 Å². The van der Waals surface area contributed by atoms with E-state index in [2.05, 4.69) is 25.8 Å². The van der Waals surface area contributed by atoms with Crippen LogP contribution in [0.1, 0.15) is 63.6 Å². The molecule has 2 rings (SSSR count). The smallest absolute Gasteiger partial charge is 0.235 e. The molecule has 0 radical (unpaired) electrons. The van der Waals surface area contributed by atoms with E-state index in [9.17, 15) is 10.2 Å². The Bertz CT molecular complexity index is 600. The first-order chi connectivity index (χ1) is 11.1. The molecule has 23 heavy (non-hydrogen) atoms. The molecule has 2 aromatic rings. The fourth-order valence-electron chi connectivity index (χ4n) is 3.15. The topological polar surface area (TPSA) is 63.2 Å². The predicted molar refractivity (Wildman–Crippen MR) is 91.9 cm³/mol. The van der Waals surface area contributed by atoms with Crippen molar-refractivity contribution in [2.75, 3.05) is 0 Å². The number of hydrogen-bond acceptors (Lipinski definition) is 3. The molecule has 0 fully saturated rings. The molecule has 0 aliphatic carbocycles. The summed E-state index contributed by atoms with van der Waals surface area (Å²) in [6.45, 7) is 7.86. The molecule has 0 spiro atoms. The number of aromatic nitrogens is 3.